The summed E-state index contributed by atoms with van der Waals surface area (Å²) in [5, 5.41) is 0. The van der Waals surface area contributed by atoms with Crippen LogP contribution in [0.5, 0.6) is 0 Å². The van der Waals surface area contributed by atoms with Gasteiger partial charge in [0.15, 0.2) is 0 Å². The van der Waals surface area contributed by atoms with Gasteiger partial charge in [-0.2, -0.15) is 0 Å². The lowest BCUT2D eigenvalue weighted by atomic mass is 9.96. The summed E-state index contributed by atoms with van der Waals surface area (Å²) in [5.41, 5.74) is 6.48. The molecule has 0 saturated heterocycles. The minimum absolute atomic E-state index is 0.571. The Balaban J connectivity index is 2.18. The number of aryl methyl sites for hydroxylation is 1. The van der Waals surface area contributed by atoms with Crippen molar-refractivity contribution in [2.24, 2.45) is 0 Å². The Hall–Kier alpha value is -1.61. The molecule has 2 aromatic rings. The van der Waals surface area contributed by atoms with Crippen LogP contribution in [-0.4, -0.2) is 21.9 Å². The molecule has 3 rings (SSSR count). The Labute approximate surface area is 114 Å². The number of fused-ring (bicyclic) bond motifs is 3. The summed E-state index contributed by atoms with van der Waals surface area (Å²) in [6, 6.07) is 6.84. The van der Waals surface area contributed by atoms with Crippen molar-refractivity contribution in [1.82, 2.24) is 14.9 Å². The van der Waals surface area contributed by atoms with E-state index in [1.807, 2.05) is 6.92 Å². The van der Waals surface area contributed by atoms with Gasteiger partial charge in [-0.3, -0.25) is 4.90 Å². The van der Waals surface area contributed by atoms with E-state index in [0.29, 0.717) is 5.92 Å². The highest BCUT2D eigenvalue weighted by Crippen LogP contribution is 2.32. The Bertz CT molecular complexity index is 610. The molecule has 19 heavy (non-hydrogen) atoms. The molecule has 0 unspecified atom stereocenters. The van der Waals surface area contributed by atoms with E-state index in [2.05, 4.69) is 54.0 Å². The van der Waals surface area contributed by atoms with Gasteiger partial charge in [0.2, 0.25) is 0 Å². The second kappa shape index (κ2) is 4.49. The van der Waals surface area contributed by atoms with Crippen LogP contribution in [0, 0.1) is 6.92 Å². The van der Waals surface area contributed by atoms with E-state index in [9.17, 15) is 0 Å². The van der Waals surface area contributed by atoms with Crippen LogP contribution in [0.2, 0.25) is 0 Å². The third kappa shape index (κ3) is 2.19. The number of nitrogens with zero attached hydrogens (tertiary/aromatic N) is 2. The number of imidazole rings is 1. The van der Waals surface area contributed by atoms with Crippen LogP contribution in [-0.2, 0) is 13.1 Å². The molecule has 100 valence electrons. The largest absolute Gasteiger partial charge is 0.342 e. The van der Waals surface area contributed by atoms with E-state index >= 15 is 0 Å². The molecule has 1 aromatic heterocycles. The number of hydrogen-bond acceptors (Lipinski definition) is 2. The second-order valence-corrected chi connectivity index (χ2v) is 5.89. The molecular weight excluding hydrogens is 234 g/mol. The van der Waals surface area contributed by atoms with Gasteiger partial charge in [-0.25, -0.2) is 4.98 Å². The molecule has 1 aliphatic rings. The summed E-state index contributed by atoms with van der Waals surface area (Å²) >= 11 is 0. The van der Waals surface area contributed by atoms with Gasteiger partial charge < -0.3 is 4.98 Å². The monoisotopic (exact) mass is 255 g/mol. The van der Waals surface area contributed by atoms with Crippen LogP contribution in [0.25, 0.3) is 11.3 Å². The molecule has 2 heterocycles. The van der Waals surface area contributed by atoms with Gasteiger partial charge in [-0.1, -0.05) is 32.0 Å². The summed E-state index contributed by atoms with van der Waals surface area (Å²) in [7, 11) is 2.16. The highest BCUT2D eigenvalue weighted by atomic mass is 15.1. The molecule has 1 aromatic carbocycles. The molecule has 0 fully saturated rings. The first-order valence-electron chi connectivity index (χ1n) is 6.92. The summed E-state index contributed by atoms with van der Waals surface area (Å²) in [6.07, 6.45) is 0. The third-order valence-electron chi connectivity index (χ3n) is 3.82. The molecular formula is C16H21N3. The lowest BCUT2D eigenvalue weighted by Crippen LogP contribution is -2.16. The highest BCUT2D eigenvalue weighted by molar-refractivity contribution is 5.67. The van der Waals surface area contributed by atoms with Crippen molar-refractivity contribution < 1.29 is 0 Å². The normalized spacial score (nSPS) is 15.2. The predicted octanol–water partition coefficient (Wildman–Crippen LogP) is 3.45. The predicted molar refractivity (Wildman–Crippen MR) is 78.0 cm³/mol. The zero-order valence-electron chi connectivity index (χ0n) is 12.1. The van der Waals surface area contributed by atoms with Crippen molar-refractivity contribution >= 4 is 0 Å². The molecule has 1 aliphatic heterocycles. The van der Waals surface area contributed by atoms with Gasteiger partial charge in [0.1, 0.15) is 5.82 Å². The summed E-state index contributed by atoms with van der Waals surface area (Å²) in [6.45, 7) is 8.41. The molecule has 1 N–H and O–H groups in total. The molecule has 0 saturated carbocycles. The highest BCUT2D eigenvalue weighted by Gasteiger charge is 2.20. The van der Waals surface area contributed by atoms with E-state index in [0.717, 1.165) is 24.6 Å². The average Bonchev–Trinajstić information content (AvgIpc) is 2.63. The molecule has 0 aliphatic carbocycles. The number of hydrogen-bond donors (Lipinski definition) is 1. The fourth-order valence-electron chi connectivity index (χ4n) is 2.83. The summed E-state index contributed by atoms with van der Waals surface area (Å²) in [5.74, 6) is 1.57. The Kier molecular flexibility index (Phi) is 2.94. The Morgan fingerprint density at radius 2 is 2.05 bits per heavy atom. The number of rotatable bonds is 1. The maximum absolute atomic E-state index is 4.62. The summed E-state index contributed by atoms with van der Waals surface area (Å²) in [4.78, 5) is 10.4. The van der Waals surface area contributed by atoms with Crippen LogP contribution >= 0.6 is 0 Å². The van der Waals surface area contributed by atoms with E-state index in [1.165, 1.54) is 22.4 Å². The molecule has 0 radical (unpaired) electrons. The molecule has 0 bridgehead atoms. The van der Waals surface area contributed by atoms with Crippen LogP contribution in [0.4, 0.5) is 0 Å². The van der Waals surface area contributed by atoms with Crippen LogP contribution in [0.3, 0.4) is 0 Å². The topological polar surface area (TPSA) is 31.9 Å². The fraction of sp³-hybridized carbons (Fsp3) is 0.438. The molecule has 3 nitrogen and oxygen atoms in total. The van der Waals surface area contributed by atoms with Crippen LogP contribution in [0.1, 0.15) is 42.4 Å². The smallest absolute Gasteiger partial charge is 0.103 e. The van der Waals surface area contributed by atoms with Crippen molar-refractivity contribution in [2.75, 3.05) is 7.05 Å². The lowest BCUT2D eigenvalue weighted by molar-refractivity contribution is 0.319. The number of aromatic amines is 1. The number of H-pyrrole nitrogens is 1. The van der Waals surface area contributed by atoms with Gasteiger partial charge in [0.05, 0.1) is 11.4 Å². The third-order valence-corrected chi connectivity index (χ3v) is 3.82. The van der Waals surface area contributed by atoms with Crippen molar-refractivity contribution in [1.29, 1.82) is 0 Å². The average molecular weight is 255 g/mol. The van der Waals surface area contributed by atoms with Crippen molar-refractivity contribution in [3.63, 3.8) is 0 Å². The zero-order chi connectivity index (χ0) is 13.6. The van der Waals surface area contributed by atoms with E-state index in [-0.39, 0.29) is 0 Å². The Morgan fingerprint density at radius 3 is 2.79 bits per heavy atom. The van der Waals surface area contributed by atoms with E-state index < -0.39 is 0 Å². The van der Waals surface area contributed by atoms with Crippen molar-refractivity contribution in [2.45, 2.75) is 39.8 Å². The minimum Gasteiger partial charge on any atom is -0.342 e. The number of nitrogens with one attached hydrogen (secondary N) is 1. The zero-order valence-corrected chi connectivity index (χ0v) is 12.1. The summed E-state index contributed by atoms with van der Waals surface area (Å²) < 4.78 is 0. The van der Waals surface area contributed by atoms with Gasteiger partial charge in [0, 0.05) is 18.7 Å². The van der Waals surface area contributed by atoms with Crippen molar-refractivity contribution in [3.8, 4) is 11.3 Å². The van der Waals surface area contributed by atoms with Crippen molar-refractivity contribution in [3.05, 3.63) is 40.8 Å². The minimum atomic E-state index is 0.571. The first kappa shape index (κ1) is 12.4. The van der Waals surface area contributed by atoms with Gasteiger partial charge in [0.25, 0.3) is 0 Å². The van der Waals surface area contributed by atoms with E-state index in [1.54, 1.807) is 0 Å². The lowest BCUT2D eigenvalue weighted by Gasteiger charge is -2.15. The molecule has 0 amide bonds. The fourth-order valence-corrected chi connectivity index (χ4v) is 2.83. The van der Waals surface area contributed by atoms with Gasteiger partial charge in [-0.05, 0) is 31.0 Å². The van der Waals surface area contributed by atoms with Crippen LogP contribution < -0.4 is 0 Å². The first-order chi connectivity index (χ1) is 9.04. The number of aromatic nitrogens is 2. The number of benzene rings is 1. The van der Waals surface area contributed by atoms with Crippen LogP contribution in [0.15, 0.2) is 18.2 Å². The SMILES string of the molecule is Cc1nc2c([nH]1)-c1ccc(C(C)C)cc1CN(C)C2. The maximum Gasteiger partial charge on any atom is 0.103 e. The molecule has 0 atom stereocenters. The van der Waals surface area contributed by atoms with Gasteiger partial charge >= 0.3 is 0 Å². The van der Waals surface area contributed by atoms with E-state index in [4.69, 9.17) is 0 Å². The quantitative estimate of drug-likeness (QED) is 0.846. The maximum atomic E-state index is 4.62. The molecule has 3 heteroatoms. The standard InChI is InChI=1S/C16H21N3/c1-10(2)12-5-6-14-13(7-12)8-19(4)9-15-16(14)18-11(3)17-15/h5-7,10H,8-9H2,1-4H3,(H,17,18). The Morgan fingerprint density at radius 1 is 1.26 bits per heavy atom. The van der Waals surface area contributed by atoms with Gasteiger partial charge in [-0.15, -0.1) is 0 Å². The first-order valence-corrected chi connectivity index (χ1v) is 6.92. The molecule has 0 spiro atoms. The second-order valence-electron chi connectivity index (χ2n) is 5.89.